The molecule has 1 aliphatic heterocycles. The lowest BCUT2D eigenvalue weighted by Crippen LogP contribution is -2.63. The van der Waals surface area contributed by atoms with Gasteiger partial charge in [0.2, 0.25) is 17.7 Å². The average Bonchev–Trinajstić information content (AvgIpc) is 3.37. The smallest absolute Gasteiger partial charge is 0.270 e. The van der Waals surface area contributed by atoms with Gasteiger partial charge >= 0.3 is 0 Å². The molecule has 266 valence electrons. The van der Waals surface area contributed by atoms with Crippen molar-refractivity contribution in [2.45, 2.75) is 101 Å². The fraction of sp³-hybridized carbons (Fsp3) is 0.583. The highest BCUT2D eigenvalue weighted by Gasteiger charge is 2.47. The molecule has 4 rings (SSSR count). The fourth-order valence-corrected chi connectivity index (χ4v) is 8.08. The number of nitrogens with zero attached hydrogens (tertiary/aromatic N) is 4. The van der Waals surface area contributed by atoms with Gasteiger partial charge < -0.3 is 25.8 Å². The van der Waals surface area contributed by atoms with E-state index in [-0.39, 0.29) is 41.8 Å². The van der Waals surface area contributed by atoms with Crippen LogP contribution in [0.25, 0.3) is 0 Å². The maximum absolute atomic E-state index is 16.0. The molecule has 0 spiro atoms. The second-order valence-corrected chi connectivity index (χ2v) is 14.5. The lowest BCUT2D eigenvalue weighted by molar-refractivity contribution is -0.142. The summed E-state index contributed by atoms with van der Waals surface area (Å²) in [5.74, 6) is -2.91. The third-order valence-corrected chi connectivity index (χ3v) is 11.0. The van der Waals surface area contributed by atoms with Crippen LogP contribution in [0.3, 0.4) is 0 Å². The summed E-state index contributed by atoms with van der Waals surface area (Å²) in [6, 6.07) is 5.73. The molecule has 4 amide bonds. The molecule has 1 aromatic heterocycles. The Morgan fingerprint density at radius 1 is 1.12 bits per heavy atom. The van der Waals surface area contributed by atoms with E-state index in [4.69, 9.17) is 0 Å². The van der Waals surface area contributed by atoms with Crippen molar-refractivity contribution in [3.63, 3.8) is 0 Å². The summed E-state index contributed by atoms with van der Waals surface area (Å²) < 4.78 is 17.6. The van der Waals surface area contributed by atoms with Crippen LogP contribution in [-0.2, 0) is 20.9 Å². The van der Waals surface area contributed by atoms with Crippen LogP contribution in [0.4, 0.5) is 10.1 Å². The number of carbonyl (C=O) groups excluding carboxylic acids is 4. The monoisotopic (exact) mass is 693 g/mol. The summed E-state index contributed by atoms with van der Waals surface area (Å²) in [7, 11) is 4.27. The largest absolute Gasteiger partial charge is 0.343 e. The van der Waals surface area contributed by atoms with Crippen molar-refractivity contribution in [1.82, 2.24) is 30.2 Å². The number of hydrogen-bond donors (Lipinski definition) is 3. The maximum Gasteiger partial charge on any atom is 0.270 e. The van der Waals surface area contributed by atoms with E-state index in [9.17, 15) is 19.2 Å². The molecule has 2 radical (unpaired) electrons. The van der Waals surface area contributed by atoms with E-state index in [1.54, 1.807) is 40.9 Å². The molecular weight excluding hydrogens is 642 g/mol. The summed E-state index contributed by atoms with van der Waals surface area (Å²) >= 11 is 0. The number of carbonyl (C=O) groups is 4. The normalized spacial score (nSPS) is 18.1. The predicted octanol–water partition coefficient (Wildman–Crippen LogP) is 4.23. The van der Waals surface area contributed by atoms with Gasteiger partial charge in [-0.15, -0.1) is 6.58 Å². The molecule has 13 heteroatoms. The number of anilines is 1. The van der Waals surface area contributed by atoms with Crippen LogP contribution in [0.2, 0.25) is 12.6 Å². The Morgan fingerprint density at radius 2 is 1.82 bits per heavy atom. The number of benzene rings is 1. The molecule has 2 aromatic rings. The second-order valence-electron chi connectivity index (χ2n) is 13.4. The van der Waals surface area contributed by atoms with Crippen LogP contribution >= 0.6 is 0 Å². The van der Waals surface area contributed by atoms with Crippen molar-refractivity contribution in [2.24, 2.45) is 5.92 Å². The summed E-state index contributed by atoms with van der Waals surface area (Å²) in [5, 5.41) is 13.1. The minimum atomic E-state index is -1.25. The highest BCUT2D eigenvalue weighted by atomic mass is 28.2. The third-order valence-electron chi connectivity index (χ3n) is 10.0. The summed E-state index contributed by atoms with van der Waals surface area (Å²) in [6.45, 7) is 11.1. The van der Waals surface area contributed by atoms with Crippen LogP contribution in [-0.4, -0.2) is 97.5 Å². The molecular formula is C36H52FN7O4Si. The van der Waals surface area contributed by atoms with Crippen LogP contribution in [0.5, 0.6) is 0 Å². The number of aromatic nitrogens is 2. The van der Waals surface area contributed by atoms with Gasteiger partial charge in [0.15, 0.2) is 0 Å². The van der Waals surface area contributed by atoms with Crippen molar-refractivity contribution in [1.29, 1.82) is 0 Å². The zero-order valence-corrected chi connectivity index (χ0v) is 30.6. The van der Waals surface area contributed by atoms with Crippen molar-refractivity contribution >= 4 is 38.8 Å². The van der Waals surface area contributed by atoms with E-state index in [0.717, 1.165) is 38.5 Å². The SMILES string of the molecule is C=C[C@@H](c1ccc(NC(=O)[C@](C[Si]C)(NC(=O)c2ccnn2CC)C2CCCCCC2)c(F)c1)[C@@H](NC(=O)CC)C(=O)N1CC(N(C)C)C1. The highest BCUT2D eigenvalue weighted by Crippen LogP contribution is 2.36. The first-order valence-electron chi connectivity index (χ1n) is 17.5. The van der Waals surface area contributed by atoms with Crippen molar-refractivity contribution in [3.05, 3.63) is 60.2 Å². The first kappa shape index (κ1) is 38.0. The van der Waals surface area contributed by atoms with Gasteiger partial charge in [-0.05, 0) is 69.6 Å². The summed E-state index contributed by atoms with van der Waals surface area (Å²) in [4.78, 5) is 58.1. The Labute approximate surface area is 292 Å². The first-order chi connectivity index (χ1) is 23.5. The zero-order valence-electron chi connectivity index (χ0n) is 29.6. The van der Waals surface area contributed by atoms with Crippen LogP contribution in [0, 0.1) is 11.7 Å². The number of likely N-dealkylation sites (tertiary alicyclic amines) is 1. The molecule has 2 fully saturated rings. The Bertz CT molecular complexity index is 1490. The predicted molar refractivity (Wildman–Crippen MR) is 190 cm³/mol. The lowest BCUT2D eigenvalue weighted by atomic mass is 9.79. The highest BCUT2D eigenvalue weighted by molar-refractivity contribution is 6.35. The first-order valence-corrected chi connectivity index (χ1v) is 19.2. The Hall–Kier alpha value is -3.84. The van der Waals surface area contributed by atoms with Gasteiger partial charge in [-0.25, -0.2) is 4.39 Å². The Balaban J connectivity index is 1.63. The van der Waals surface area contributed by atoms with Gasteiger partial charge in [-0.2, -0.15) is 5.10 Å². The van der Waals surface area contributed by atoms with E-state index in [1.165, 1.54) is 12.1 Å². The summed E-state index contributed by atoms with van der Waals surface area (Å²) in [5.41, 5.74) is -0.473. The molecule has 1 aromatic carbocycles. The van der Waals surface area contributed by atoms with Crippen molar-refractivity contribution in [2.75, 3.05) is 32.5 Å². The topological polar surface area (TPSA) is 129 Å². The van der Waals surface area contributed by atoms with E-state index in [1.807, 2.05) is 32.5 Å². The molecule has 1 aliphatic carbocycles. The van der Waals surface area contributed by atoms with E-state index < -0.39 is 29.2 Å². The van der Waals surface area contributed by atoms with Crippen molar-refractivity contribution in [3.8, 4) is 0 Å². The van der Waals surface area contributed by atoms with Gasteiger partial charge in [0.1, 0.15) is 23.1 Å². The minimum Gasteiger partial charge on any atom is -0.343 e. The number of hydrogen-bond acceptors (Lipinski definition) is 6. The van der Waals surface area contributed by atoms with Crippen LogP contribution < -0.4 is 16.0 Å². The quantitative estimate of drug-likeness (QED) is 0.146. The number of likely N-dealkylation sites (N-methyl/N-ethyl adjacent to an activating group) is 1. The molecule has 1 saturated carbocycles. The third kappa shape index (κ3) is 8.67. The van der Waals surface area contributed by atoms with Gasteiger partial charge in [0, 0.05) is 53.7 Å². The standard InChI is InChI=1S/C36H52FN7O4Si/c1-7-27(32(40-31(45)8-2)34(47)43-21-26(22-43)42(4)5)24-16-17-29(28(37)20-24)39-35(48)36(23-49-6,25-14-12-10-11-13-15-25)41-33(46)30-18-19-38-44(30)9-3/h7,16-20,25-27,32H,1,8-15,21-23H2,2-6H3,(H,39,48)(H,40,45)(H,41,46)/t27-,32+,36+/m0/s1. The lowest BCUT2D eigenvalue weighted by Gasteiger charge is -2.44. The Kier molecular flexibility index (Phi) is 13.3. The molecule has 1 saturated heterocycles. The number of nitrogens with one attached hydrogen (secondary N) is 3. The second kappa shape index (κ2) is 17.2. The van der Waals surface area contributed by atoms with Crippen molar-refractivity contribution < 1.29 is 23.6 Å². The fourth-order valence-electron chi connectivity index (χ4n) is 6.99. The van der Waals surface area contributed by atoms with Gasteiger partial charge in [-0.1, -0.05) is 51.3 Å². The molecule has 0 unspecified atom stereocenters. The van der Waals surface area contributed by atoms with Gasteiger partial charge in [0.05, 0.1) is 5.69 Å². The molecule has 2 heterocycles. The molecule has 0 bridgehead atoms. The van der Waals surface area contributed by atoms with E-state index >= 15 is 4.39 Å². The molecule has 11 nitrogen and oxygen atoms in total. The average molecular weight is 694 g/mol. The van der Waals surface area contributed by atoms with Crippen LogP contribution in [0.1, 0.15) is 80.8 Å². The molecule has 3 atom stereocenters. The van der Waals surface area contributed by atoms with E-state index in [2.05, 4.69) is 27.6 Å². The van der Waals surface area contributed by atoms with Gasteiger partial charge in [-0.3, -0.25) is 23.9 Å². The van der Waals surface area contributed by atoms with Crippen LogP contribution in [0.15, 0.2) is 43.1 Å². The summed E-state index contributed by atoms with van der Waals surface area (Å²) in [6.07, 6.45) is 8.88. The number of aryl methyl sites for hydroxylation is 1. The van der Waals surface area contributed by atoms with E-state index in [0.29, 0.717) is 46.5 Å². The zero-order chi connectivity index (χ0) is 35.7. The molecule has 3 N–H and O–H groups in total. The number of halogens is 1. The molecule has 49 heavy (non-hydrogen) atoms. The van der Waals surface area contributed by atoms with Gasteiger partial charge in [0.25, 0.3) is 5.91 Å². The maximum atomic E-state index is 16.0. The number of amides is 4. The molecule has 2 aliphatic rings. The number of rotatable bonds is 15. The minimum absolute atomic E-state index is 0.0288. The Morgan fingerprint density at radius 3 is 2.39 bits per heavy atom.